The van der Waals surface area contributed by atoms with E-state index in [1.165, 1.54) is 17.7 Å². The summed E-state index contributed by atoms with van der Waals surface area (Å²) in [5.74, 6) is 0.956. The van der Waals surface area contributed by atoms with Crippen LogP contribution in [0.2, 0.25) is 0 Å². The van der Waals surface area contributed by atoms with Gasteiger partial charge in [0.25, 0.3) is 0 Å². The topological polar surface area (TPSA) is 24.5 Å². The molecular weight excluding hydrogens is 200 g/mol. The highest BCUT2D eigenvalue weighted by Gasteiger charge is 2.49. The first kappa shape index (κ1) is 9.97. The molecule has 2 aliphatic rings. The van der Waals surface area contributed by atoms with Crippen molar-refractivity contribution in [1.82, 2.24) is 4.90 Å². The number of nitrogens with zero attached hydrogens (tertiary/aromatic N) is 1. The van der Waals surface area contributed by atoms with Gasteiger partial charge in [0.05, 0.1) is 13.3 Å². The molecule has 2 heterocycles. The molecule has 0 radical (unpaired) electrons. The van der Waals surface area contributed by atoms with Crippen molar-refractivity contribution < 1.29 is 4.74 Å². The van der Waals surface area contributed by atoms with E-state index in [1.807, 2.05) is 6.07 Å². The summed E-state index contributed by atoms with van der Waals surface area (Å²) in [4.78, 5) is 2.40. The summed E-state index contributed by atoms with van der Waals surface area (Å²) in [6, 6.07) is 6.34. The molecule has 0 aromatic heterocycles. The maximum absolute atomic E-state index is 5.32. The Hall–Kier alpha value is -1.22. The molecule has 86 valence electrons. The summed E-state index contributed by atoms with van der Waals surface area (Å²) in [5.41, 5.74) is 2.90. The smallest absolute Gasteiger partial charge is 0.119 e. The second-order valence-electron chi connectivity index (χ2n) is 5.11. The number of ether oxygens (including phenoxy) is 1. The number of likely N-dealkylation sites (N-methyl/N-ethyl adjacent to an activating group) is 1. The quantitative estimate of drug-likeness (QED) is 0.780. The van der Waals surface area contributed by atoms with Crippen molar-refractivity contribution in [3.05, 3.63) is 23.8 Å². The van der Waals surface area contributed by atoms with Gasteiger partial charge in [-0.25, -0.2) is 0 Å². The summed E-state index contributed by atoms with van der Waals surface area (Å²) in [7, 11) is 3.91. The van der Waals surface area contributed by atoms with E-state index in [2.05, 4.69) is 36.3 Å². The van der Waals surface area contributed by atoms with E-state index in [0.29, 0.717) is 6.17 Å². The van der Waals surface area contributed by atoms with Crippen LogP contribution in [0.15, 0.2) is 18.2 Å². The van der Waals surface area contributed by atoms with E-state index in [9.17, 15) is 0 Å². The third-order valence-corrected chi connectivity index (χ3v) is 4.16. The number of benzene rings is 1. The molecule has 3 heteroatoms. The van der Waals surface area contributed by atoms with E-state index in [-0.39, 0.29) is 5.41 Å². The molecule has 0 unspecified atom stereocenters. The van der Waals surface area contributed by atoms with Crippen molar-refractivity contribution in [2.45, 2.75) is 24.9 Å². The first-order valence-corrected chi connectivity index (χ1v) is 5.80. The number of nitrogens with one attached hydrogen (secondary N) is 1. The number of hydrogen-bond acceptors (Lipinski definition) is 3. The zero-order chi connectivity index (χ0) is 11.3. The maximum atomic E-state index is 5.32. The molecule has 16 heavy (non-hydrogen) atoms. The summed E-state index contributed by atoms with van der Waals surface area (Å²) < 4.78 is 5.32. The maximum Gasteiger partial charge on any atom is 0.119 e. The highest BCUT2D eigenvalue weighted by Crippen LogP contribution is 2.48. The van der Waals surface area contributed by atoms with E-state index in [1.54, 1.807) is 7.11 Å². The second-order valence-corrected chi connectivity index (χ2v) is 5.11. The van der Waals surface area contributed by atoms with Crippen molar-refractivity contribution in [3.8, 4) is 5.75 Å². The van der Waals surface area contributed by atoms with Gasteiger partial charge >= 0.3 is 0 Å². The number of likely N-dealkylation sites (tertiary alicyclic amines) is 1. The minimum Gasteiger partial charge on any atom is -0.497 e. The first-order chi connectivity index (χ1) is 7.65. The van der Waals surface area contributed by atoms with Gasteiger partial charge in [-0.15, -0.1) is 0 Å². The van der Waals surface area contributed by atoms with Crippen LogP contribution in [0.3, 0.4) is 0 Å². The fourth-order valence-electron chi connectivity index (χ4n) is 3.11. The Morgan fingerprint density at radius 3 is 3.06 bits per heavy atom. The number of rotatable bonds is 1. The van der Waals surface area contributed by atoms with Crippen LogP contribution in [-0.2, 0) is 5.41 Å². The Morgan fingerprint density at radius 2 is 2.31 bits per heavy atom. The fourth-order valence-corrected chi connectivity index (χ4v) is 3.11. The molecule has 0 spiro atoms. The second kappa shape index (κ2) is 3.14. The van der Waals surface area contributed by atoms with Crippen LogP contribution in [-0.4, -0.2) is 31.8 Å². The predicted molar refractivity (Wildman–Crippen MR) is 65.0 cm³/mol. The Balaban J connectivity index is 2.09. The lowest BCUT2D eigenvalue weighted by molar-refractivity contribution is 0.297. The molecule has 0 aliphatic carbocycles. The highest BCUT2D eigenvalue weighted by atomic mass is 16.5. The van der Waals surface area contributed by atoms with Gasteiger partial charge in [0.15, 0.2) is 0 Å². The molecule has 3 nitrogen and oxygen atoms in total. The van der Waals surface area contributed by atoms with Gasteiger partial charge in [0.2, 0.25) is 0 Å². The zero-order valence-corrected chi connectivity index (χ0v) is 10.1. The average Bonchev–Trinajstić information content (AvgIpc) is 2.74. The van der Waals surface area contributed by atoms with Crippen LogP contribution in [0.4, 0.5) is 5.69 Å². The number of methoxy groups -OCH3 is 1. The van der Waals surface area contributed by atoms with Crippen molar-refractivity contribution in [3.63, 3.8) is 0 Å². The Kier molecular flexibility index (Phi) is 1.96. The molecule has 0 bridgehead atoms. The Bertz CT molecular complexity index is 432. The van der Waals surface area contributed by atoms with Gasteiger partial charge in [-0.3, -0.25) is 4.90 Å². The van der Waals surface area contributed by atoms with Crippen LogP contribution < -0.4 is 10.1 Å². The number of fused-ring (bicyclic) bond motifs is 3. The van der Waals surface area contributed by atoms with Gasteiger partial charge in [-0.2, -0.15) is 0 Å². The van der Waals surface area contributed by atoms with Gasteiger partial charge in [-0.1, -0.05) is 6.92 Å². The first-order valence-electron chi connectivity index (χ1n) is 5.80. The summed E-state index contributed by atoms with van der Waals surface area (Å²) in [5, 5.41) is 3.61. The van der Waals surface area contributed by atoms with E-state index >= 15 is 0 Å². The molecule has 3 rings (SSSR count). The molecule has 0 amide bonds. The van der Waals surface area contributed by atoms with Crippen molar-refractivity contribution in [2.75, 3.05) is 26.0 Å². The lowest BCUT2D eigenvalue weighted by Gasteiger charge is -2.27. The van der Waals surface area contributed by atoms with Crippen LogP contribution >= 0.6 is 0 Å². The van der Waals surface area contributed by atoms with Crippen molar-refractivity contribution >= 4 is 5.69 Å². The summed E-state index contributed by atoms with van der Waals surface area (Å²) >= 11 is 0. The van der Waals surface area contributed by atoms with Gasteiger partial charge in [0.1, 0.15) is 5.75 Å². The normalized spacial score (nSPS) is 32.1. The monoisotopic (exact) mass is 218 g/mol. The largest absolute Gasteiger partial charge is 0.497 e. The molecule has 2 aliphatic heterocycles. The van der Waals surface area contributed by atoms with Crippen LogP contribution in [0.1, 0.15) is 18.9 Å². The van der Waals surface area contributed by atoms with Crippen LogP contribution in [0.25, 0.3) is 0 Å². The van der Waals surface area contributed by atoms with Crippen molar-refractivity contribution in [1.29, 1.82) is 0 Å². The minimum atomic E-state index is 0.235. The van der Waals surface area contributed by atoms with E-state index in [4.69, 9.17) is 4.74 Å². The molecular formula is C13H18N2O. The third kappa shape index (κ3) is 1.12. The number of hydrogen-bond donors (Lipinski definition) is 1. The Labute approximate surface area is 96.4 Å². The molecule has 1 aromatic rings. The molecule has 2 atom stereocenters. The third-order valence-electron chi connectivity index (χ3n) is 4.16. The molecule has 1 N–H and O–H groups in total. The Morgan fingerprint density at radius 1 is 1.50 bits per heavy atom. The van der Waals surface area contributed by atoms with Crippen molar-refractivity contribution in [2.24, 2.45) is 0 Å². The van der Waals surface area contributed by atoms with E-state index < -0.39 is 0 Å². The summed E-state index contributed by atoms with van der Waals surface area (Å²) in [6.07, 6.45) is 1.65. The SMILES string of the molecule is COc1ccc2c(c1)[C@]1(C)CCN(C)[C@@H]1N2. The molecule has 1 aromatic carbocycles. The fraction of sp³-hybridized carbons (Fsp3) is 0.538. The predicted octanol–water partition coefficient (Wildman–Crippen LogP) is 2.04. The van der Waals surface area contributed by atoms with Gasteiger partial charge < -0.3 is 10.1 Å². The molecule has 1 saturated heterocycles. The van der Waals surface area contributed by atoms with Gasteiger partial charge in [-0.05, 0) is 37.2 Å². The zero-order valence-electron chi connectivity index (χ0n) is 10.1. The standard InChI is InChI=1S/C13H18N2O/c1-13-6-7-15(2)12(13)14-11-5-4-9(16-3)8-10(11)13/h4-5,8,12,14H,6-7H2,1-3H3/t12-,13-/m0/s1. The van der Waals surface area contributed by atoms with E-state index in [0.717, 1.165) is 12.3 Å². The molecule has 0 saturated carbocycles. The van der Waals surface area contributed by atoms with Gasteiger partial charge in [0, 0.05) is 17.6 Å². The minimum absolute atomic E-state index is 0.235. The number of anilines is 1. The summed E-state index contributed by atoms with van der Waals surface area (Å²) in [6.45, 7) is 3.50. The molecule has 1 fully saturated rings. The van der Waals surface area contributed by atoms with Crippen LogP contribution in [0.5, 0.6) is 5.75 Å². The average molecular weight is 218 g/mol. The van der Waals surface area contributed by atoms with Crippen LogP contribution in [0, 0.1) is 0 Å². The lowest BCUT2D eigenvalue weighted by Crippen LogP contribution is -2.39. The lowest BCUT2D eigenvalue weighted by atomic mass is 9.81. The highest BCUT2D eigenvalue weighted by molar-refractivity contribution is 5.64.